The van der Waals surface area contributed by atoms with Crippen LogP contribution in [0.15, 0.2) is 30.3 Å². The SMILES string of the molecule is Cc1cc(OC2CCC(C(C)(C)C)CC2)c(CN2CCC(C(=O)O)C2C)c2ccccc12. The number of carboxylic acid groups (broad SMARTS) is 1. The molecule has 4 heteroatoms. The second kappa shape index (κ2) is 9.05. The first kappa shape index (κ1) is 23.1. The van der Waals surface area contributed by atoms with E-state index >= 15 is 0 Å². The van der Waals surface area contributed by atoms with Crippen molar-refractivity contribution in [2.24, 2.45) is 17.3 Å². The van der Waals surface area contributed by atoms with Gasteiger partial charge in [-0.25, -0.2) is 0 Å². The van der Waals surface area contributed by atoms with Gasteiger partial charge in [0.2, 0.25) is 0 Å². The summed E-state index contributed by atoms with van der Waals surface area (Å²) in [5.41, 5.74) is 2.81. The summed E-state index contributed by atoms with van der Waals surface area (Å²) < 4.78 is 6.71. The van der Waals surface area contributed by atoms with Gasteiger partial charge in [-0.05, 0) is 86.2 Å². The van der Waals surface area contributed by atoms with E-state index < -0.39 is 5.97 Å². The maximum Gasteiger partial charge on any atom is 0.308 e. The van der Waals surface area contributed by atoms with Crippen LogP contribution >= 0.6 is 0 Å². The lowest BCUT2D eigenvalue weighted by molar-refractivity contribution is -0.142. The normalized spacial score (nSPS) is 27.0. The van der Waals surface area contributed by atoms with E-state index in [1.54, 1.807) is 0 Å². The molecule has 1 aliphatic heterocycles. The molecular weight excluding hydrogens is 398 g/mol. The van der Waals surface area contributed by atoms with Gasteiger partial charge in [0.05, 0.1) is 12.0 Å². The third-order valence-electron chi connectivity index (χ3n) is 8.08. The number of carboxylic acids is 1. The number of hydrogen-bond acceptors (Lipinski definition) is 3. The number of hydrogen-bond donors (Lipinski definition) is 1. The quantitative estimate of drug-likeness (QED) is 0.586. The zero-order valence-electron chi connectivity index (χ0n) is 20.4. The molecule has 2 aliphatic rings. The van der Waals surface area contributed by atoms with Crippen LogP contribution in [0, 0.1) is 24.2 Å². The summed E-state index contributed by atoms with van der Waals surface area (Å²) in [6.45, 7) is 12.8. The predicted octanol–water partition coefficient (Wildman–Crippen LogP) is 6.43. The largest absolute Gasteiger partial charge is 0.490 e. The lowest BCUT2D eigenvalue weighted by atomic mass is 9.72. The number of ether oxygens (including phenoxy) is 1. The minimum atomic E-state index is -0.680. The molecule has 0 amide bonds. The Labute approximate surface area is 192 Å². The molecule has 2 atom stereocenters. The molecule has 0 spiro atoms. The van der Waals surface area contributed by atoms with Gasteiger partial charge in [-0.15, -0.1) is 0 Å². The molecule has 1 saturated carbocycles. The number of benzene rings is 2. The van der Waals surface area contributed by atoms with Crippen LogP contribution < -0.4 is 4.74 Å². The lowest BCUT2D eigenvalue weighted by Crippen LogP contribution is -2.33. The smallest absolute Gasteiger partial charge is 0.308 e. The molecule has 1 N–H and O–H groups in total. The number of aliphatic carboxylic acids is 1. The van der Waals surface area contributed by atoms with E-state index in [-0.39, 0.29) is 18.1 Å². The Hall–Kier alpha value is -2.07. The summed E-state index contributed by atoms with van der Waals surface area (Å²) in [6, 6.07) is 10.8. The third kappa shape index (κ3) is 4.66. The van der Waals surface area contributed by atoms with Crippen LogP contribution in [0.25, 0.3) is 10.8 Å². The summed E-state index contributed by atoms with van der Waals surface area (Å²) in [7, 11) is 0. The molecule has 1 heterocycles. The third-order valence-corrected chi connectivity index (χ3v) is 8.08. The molecule has 174 valence electrons. The highest BCUT2D eigenvalue weighted by Crippen LogP contribution is 2.41. The Morgan fingerprint density at radius 3 is 2.34 bits per heavy atom. The van der Waals surface area contributed by atoms with Crippen LogP contribution in [0.2, 0.25) is 0 Å². The van der Waals surface area contributed by atoms with Crippen molar-refractivity contribution in [3.63, 3.8) is 0 Å². The van der Waals surface area contributed by atoms with Crippen molar-refractivity contribution in [1.82, 2.24) is 4.90 Å². The van der Waals surface area contributed by atoms with Gasteiger partial charge in [0, 0.05) is 18.2 Å². The molecule has 4 rings (SSSR count). The highest BCUT2D eigenvalue weighted by Gasteiger charge is 2.36. The number of aryl methyl sites for hydroxylation is 1. The van der Waals surface area contributed by atoms with Crippen molar-refractivity contribution in [2.45, 2.75) is 85.4 Å². The first-order chi connectivity index (χ1) is 15.1. The average Bonchev–Trinajstić information content (AvgIpc) is 3.11. The van der Waals surface area contributed by atoms with Gasteiger partial charge in [0.1, 0.15) is 5.75 Å². The molecule has 2 unspecified atom stereocenters. The zero-order valence-corrected chi connectivity index (χ0v) is 20.4. The molecule has 1 saturated heterocycles. The number of carbonyl (C=O) groups is 1. The van der Waals surface area contributed by atoms with Gasteiger partial charge in [-0.1, -0.05) is 45.0 Å². The van der Waals surface area contributed by atoms with Crippen LogP contribution in [0.5, 0.6) is 5.75 Å². The highest BCUT2D eigenvalue weighted by atomic mass is 16.5. The van der Waals surface area contributed by atoms with E-state index in [2.05, 4.69) is 69.9 Å². The van der Waals surface area contributed by atoms with Crippen LogP contribution in [-0.2, 0) is 11.3 Å². The molecule has 0 aromatic heterocycles. The van der Waals surface area contributed by atoms with E-state index in [1.165, 1.54) is 34.7 Å². The first-order valence-corrected chi connectivity index (χ1v) is 12.3. The molecule has 0 bridgehead atoms. The first-order valence-electron chi connectivity index (χ1n) is 12.3. The van der Waals surface area contributed by atoms with Crippen molar-refractivity contribution in [1.29, 1.82) is 0 Å². The summed E-state index contributed by atoms with van der Waals surface area (Å²) in [4.78, 5) is 14.0. The Bertz CT molecular complexity index is 969. The monoisotopic (exact) mass is 437 g/mol. The van der Waals surface area contributed by atoms with Crippen molar-refractivity contribution < 1.29 is 14.6 Å². The van der Waals surface area contributed by atoms with Crippen molar-refractivity contribution >= 4 is 16.7 Å². The van der Waals surface area contributed by atoms with Crippen LogP contribution in [0.3, 0.4) is 0 Å². The van der Waals surface area contributed by atoms with Crippen LogP contribution in [0.1, 0.15) is 70.9 Å². The molecule has 0 radical (unpaired) electrons. The van der Waals surface area contributed by atoms with E-state index in [1.807, 2.05) is 0 Å². The molecule has 32 heavy (non-hydrogen) atoms. The van der Waals surface area contributed by atoms with E-state index in [4.69, 9.17) is 4.74 Å². The average molecular weight is 438 g/mol. The van der Waals surface area contributed by atoms with Crippen LogP contribution in [0.4, 0.5) is 0 Å². The Balaban J connectivity index is 1.61. The minimum absolute atomic E-state index is 0.0302. The van der Waals surface area contributed by atoms with Gasteiger partial charge in [-0.2, -0.15) is 0 Å². The maximum absolute atomic E-state index is 11.6. The Morgan fingerprint density at radius 2 is 1.75 bits per heavy atom. The van der Waals surface area contributed by atoms with E-state index in [0.717, 1.165) is 37.6 Å². The van der Waals surface area contributed by atoms with Crippen molar-refractivity contribution in [3.8, 4) is 5.75 Å². The second-order valence-corrected chi connectivity index (χ2v) is 11.1. The fraction of sp³-hybridized carbons (Fsp3) is 0.607. The summed E-state index contributed by atoms with van der Waals surface area (Å²) in [5, 5.41) is 12.1. The van der Waals surface area contributed by atoms with Crippen LogP contribution in [-0.4, -0.2) is 34.7 Å². The van der Waals surface area contributed by atoms with Crippen molar-refractivity contribution in [2.75, 3.05) is 6.54 Å². The number of fused-ring (bicyclic) bond motifs is 1. The van der Waals surface area contributed by atoms with Gasteiger partial charge in [-0.3, -0.25) is 9.69 Å². The Morgan fingerprint density at radius 1 is 1.09 bits per heavy atom. The highest BCUT2D eigenvalue weighted by molar-refractivity contribution is 5.90. The molecule has 2 aromatic carbocycles. The summed E-state index contributed by atoms with van der Waals surface area (Å²) in [5.74, 6) is 0.787. The van der Waals surface area contributed by atoms with Gasteiger partial charge >= 0.3 is 5.97 Å². The zero-order chi connectivity index (χ0) is 23.0. The molecule has 2 aromatic rings. The molecule has 1 aliphatic carbocycles. The fourth-order valence-electron chi connectivity index (χ4n) is 5.84. The van der Waals surface area contributed by atoms with Gasteiger partial charge < -0.3 is 9.84 Å². The molecule has 2 fully saturated rings. The Kier molecular flexibility index (Phi) is 6.53. The number of likely N-dealkylation sites (tertiary alicyclic amines) is 1. The fourth-order valence-corrected chi connectivity index (χ4v) is 5.84. The van der Waals surface area contributed by atoms with Gasteiger partial charge in [0.25, 0.3) is 0 Å². The lowest BCUT2D eigenvalue weighted by Gasteiger charge is -2.37. The standard InChI is InChI=1S/C28H39NO3/c1-18-16-26(32-21-12-10-20(11-13-21)28(3,4)5)25(24-9-7-6-8-22(18)24)17-29-15-14-23(19(29)2)27(30)31/h6-9,16,19-21,23H,10-15,17H2,1-5H3,(H,30,31). The number of nitrogens with zero attached hydrogens (tertiary/aromatic N) is 1. The number of rotatable bonds is 5. The van der Waals surface area contributed by atoms with Gasteiger partial charge in [0.15, 0.2) is 0 Å². The molecule has 4 nitrogen and oxygen atoms in total. The summed E-state index contributed by atoms with van der Waals surface area (Å²) >= 11 is 0. The van der Waals surface area contributed by atoms with E-state index in [0.29, 0.717) is 11.8 Å². The minimum Gasteiger partial charge on any atom is -0.490 e. The molecular formula is C28H39NO3. The summed E-state index contributed by atoms with van der Waals surface area (Å²) in [6.07, 6.45) is 5.63. The predicted molar refractivity (Wildman–Crippen MR) is 130 cm³/mol. The van der Waals surface area contributed by atoms with Crippen molar-refractivity contribution in [3.05, 3.63) is 41.5 Å². The van der Waals surface area contributed by atoms with E-state index in [9.17, 15) is 9.90 Å². The second-order valence-electron chi connectivity index (χ2n) is 11.1. The maximum atomic E-state index is 11.6. The topological polar surface area (TPSA) is 49.8 Å².